The lowest BCUT2D eigenvalue weighted by molar-refractivity contribution is -0.146. The van der Waals surface area contributed by atoms with Crippen LogP contribution in [-0.2, 0) is 28.0 Å². The lowest BCUT2D eigenvalue weighted by atomic mass is 9.98. The van der Waals surface area contributed by atoms with Crippen molar-refractivity contribution in [3.63, 3.8) is 0 Å². The van der Waals surface area contributed by atoms with Crippen molar-refractivity contribution in [1.82, 2.24) is 19.7 Å². The zero-order valence-electron chi connectivity index (χ0n) is 14.0. The first kappa shape index (κ1) is 15.6. The number of aromatic nitrogens is 2. The molecule has 2 unspecified atom stereocenters. The lowest BCUT2D eigenvalue weighted by Gasteiger charge is -2.27. The van der Waals surface area contributed by atoms with E-state index in [0.29, 0.717) is 12.2 Å². The minimum absolute atomic E-state index is 0.273. The Morgan fingerprint density at radius 3 is 2.80 bits per heavy atom. The van der Waals surface area contributed by atoms with Gasteiger partial charge in [-0.3, -0.25) is 9.52 Å². The summed E-state index contributed by atoms with van der Waals surface area (Å²) in [5, 5.41) is 5.71. The second-order valence-corrected chi connectivity index (χ2v) is 6.10. The second kappa shape index (κ2) is 5.89. The van der Waals surface area contributed by atoms with Gasteiger partial charge in [-0.15, -0.1) is 0 Å². The van der Waals surface area contributed by atoms with Gasteiger partial charge in [-0.25, -0.2) is 9.59 Å². The fourth-order valence-electron chi connectivity index (χ4n) is 3.39. The van der Waals surface area contributed by atoms with Crippen molar-refractivity contribution in [2.45, 2.75) is 18.7 Å². The highest BCUT2D eigenvalue weighted by Crippen LogP contribution is 2.43. The van der Waals surface area contributed by atoms with Crippen LogP contribution in [0.25, 0.3) is 0 Å². The molecule has 0 spiro atoms. The normalized spacial score (nSPS) is 21.4. The molecule has 1 fully saturated rings. The predicted octanol–water partition coefficient (Wildman–Crippen LogP) is 1.56. The Labute approximate surface area is 144 Å². The van der Waals surface area contributed by atoms with Crippen LogP contribution in [0.15, 0.2) is 36.5 Å². The quantitative estimate of drug-likeness (QED) is 0.788. The van der Waals surface area contributed by atoms with E-state index in [-0.39, 0.29) is 18.7 Å². The number of carbonyl (C=O) groups is 2. The largest absolute Gasteiger partial charge is 0.467 e. The van der Waals surface area contributed by atoms with Gasteiger partial charge in [0.05, 0.1) is 13.7 Å². The van der Waals surface area contributed by atoms with Crippen LogP contribution in [0.3, 0.4) is 0 Å². The van der Waals surface area contributed by atoms with E-state index in [9.17, 15) is 9.59 Å². The number of ether oxygens (including phenoxy) is 1. The Bertz CT molecular complexity index is 819. The molecule has 0 radical (unpaired) electrons. The summed E-state index contributed by atoms with van der Waals surface area (Å²) in [5.74, 6) is -0.503. The molecule has 8 heteroatoms. The first-order chi connectivity index (χ1) is 12.1. The van der Waals surface area contributed by atoms with Gasteiger partial charge in [-0.2, -0.15) is 10.2 Å². The van der Waals surface area contributed by atoms with Gasteiger partial charge >= 0.3 is 12.0 Å². The summed E-state index contributed by atoms with van der Waals surface area (Å²) in [4.78, 5) is 32.3. The molecule has 1 aromatic carbocycles. The van der Waals surface area contributed by atoms with Crippen molar-refractivity contribution in [3.8, 4) is 0 Å². The molecule has 4 rings (SSSR count). The molecule has 2 atom stereocenters. The van der Waals surface area contributed by atoms with Gasteiger partial charge in [0.25, 0.3) is 0 Å². The van der Waals surface area contributed by atoms with E-state index in [0.717, 1.165) is 11.1 Å². The molecule has 1 saturated heterocycles. The maximum absolute atomic E-state index is 12.8. The van der Waals surface area contributed by atoms with Crippen molar-refractivity contribution in [2.24, 2.45) is 7.05 Å². The lowest BCUT2D eigenvalue weighted by Crippen LogP contribution is -2.39. The van der Waals surface area contributed by atoms with Crippen molar-refractivity contribution >= 4 is 12.0 Å². The maximum Gasteiger partial charge on any atom is 0.345 e. The Morgan fingerprint density at radius 1 is 1.32 bits per heavy atom. The zero-order valence-corrected chi connectivity index (χ0v) is 14.0. The first-order valence-electron chi connectivity index (χ1n) is 7.98. The van der Waals surface area contributed by atoms with E-state index >= 15 is 0 Å². The molecule has 2 aliphatic rings. The molecule has 2 bridgehead atoms. The number of urea groups is 1. The van der Waals surface area contributed by atoms with Crippen LogP contribution in [0, 0.1) is 0 Å². The zero-order chi connectivity index (χ0) is 17.6. The van der Waals surface area contributed by atoms with Crippen LogP contribution >= 0.6 is 0 Å². The smallest absolute Gasteiger partial charge is 0.345 e. The maximum atomic E-state index is 12.8. The average molecular weight is 342 g/mol. The summed E-state index contributed by atoms with van der Waals surface area (Å²) < 4.78 is 6.52. The average Bonchev–Trinajstić information content (AvgIpc) is 3.14. The third kappa shape index (κ3) is 2.45. The molecule has 0 saturated carbocycles. The number of methoxy groups -OCH3 is 1. The van der Waals surface area contributed by atoms with Crippen molar-refractivity contribution in [1.29, 1.82) is 0 Å². The fourth-order valence-corrected chi connectivity index (χ4v) is 3.39. The highest BCUT2D eigenvalue weighted by molar-refractivity contribution is 5.87. The molecule has 1 aromatic heterocycles. The molecule has 8 nitrogen and oxygen atoms in total. The molecule has 0 N–H and O–H groups in total. The summed E-state index contributed by atoms with van der Waals surface area (Å²) in [6.45, 7) is 0.640. The van der Waals surface area contributed by atoms with Crippen LogP contribution in [0.2, 0.25) is 0 Å². The molecule has 130 valence electrons. The number of hydrogen-bond donors (Lipinski definition) is 0. The number of aryl methyl sites for hydroxylation is 1. The van der Waals surface area contributed by atoms with Crippen LogP contribution in [0.1, 0.15) is 28.9 Å². The Hall–Kier alpha value is -2.87. The van der Waals surface area contributed by atoms with E-state index in [1.54, 1.807) is 11.7 Å². The third-order valence-electron chi connectivity index (χ3n) is 4.54. The van der Waals surface area contributed by atoms with Gasteiger partial charge in [0.2, 0.25) is 0 Å². The van der Waals surface area contributed by atoms with E-state index in [2.05, 4.69) is 5.10 Å². The second-order valence-electron chi connectivity index (χ2n) is 6.10. The SMILES string of the molecule is COC(=O)C1c2nn(C)cc2C2CN1C(=O)N2OCc1ccccc1. The van der Waals surface area contributed by atoms with Gasteiger partial charge < -0.3 is 9.64 Å². The number of esters is 1. The number of hydroxylamine groups is 2. The van der Waals surface area contributed by atoms with Crippen LogP contribution < -0.4 is 0 Å². The summed E-state index contributed by atoms with van der Waals surface area (Å²) in [6.07, 6.45) is 1.82. The van der Waals surface area contributed by atoms with E-state index in [4.69, 9.17) is 9.57 Å². The highest BCUT2D eigenvalue weighted by Gasteiger charge is 2.53. The molecule has 3 heterocycles. The van der Waals surface area contributed by atoms with E-state index < -0.39 is 12.0 Å². The van der Waals surface area contributed by atoms with Gasteiger partial charge in [-0.05, 0) is 5.56 Å². The van der Waals surface area contributed by atoms with Crippen molar-refractivity contribution in [3.05, 3.63) is 53.3 Å². The van der Waals surface area contributed by atoms with Gasteiger partial charge in [-0.1, -0.05) is 30.3 Å². The van der Waals surface area contributed by atoms with Crippen molar-refractivity contribution < 1.29 is 19.2 Å². The molecule has 0 aliphatic carbocycles. The predicted molar refractivity (Wildman–Crippen MR) is 85.9 cm³/mol. The molecule has 2 aromatic rings. The fraction of sp³-hybridized carbons (Fsp3) is 0.353. The first-order valence-corrected chi connectivity index (χ1v) is 7.98. The van der Waals surface area contributed by atoms with Gasteiger partial charge in [0.1, 0.15) is 18.3 Å². The number of carbonyl (C=O) groups excluding carboxylic acids is 2. The summed E-state index contributed by atoms with van der Waals surface area (Å²) in [7, 11) is 3.09. The van der Waals surface area contributed by atoms with Gasteiger partial charge in [0, 0.05) is 18.8 Å². The summed E-state index contributed by atoms with van der Waals surface area (Å²) in [6, 6.07) is 8.14. The third-order valence-corrected chi connectivity index (χ3v) is 4.54. The molecule has 25 heavy (non-hydrogen) atoms. The summed E-state index contributed by atoms with van der Waals surface area (Å²) >= 11 is 0. The number of amides is 2. The van der Waals surface area contributed by atoms with Crippen LogP contribution in [0.4, 0.5) is 4.79 Å². The summed E-state index contributed by atoms with van der Waals surface area (Å²) in [5.41, 5.74) is 2.32. The number of benzene rings is 1. The number of rotatable bonds is 4. The van der Waals surface area contributed by atoms with E-state index in [1.165, 1.54) is 17.1 Å². The number of fused-ring (bicyclic) bond motifs is 4. The highest BCUT2D eigenvalue weighted by atomic mass is 16.7. The van der Waals surface area contributed by atoms with Crippen LogP contribution in [-0.4, -0.2) is 45.4 Å². The molecular weight excluding hydrogens is 324 g/mol. The topological polar surface area (TPSA) is 76.9 Å². The Morgan fingerprint density at radius 2 is 2.08 bits per heavy atom. The molecule has 2 amide bonds. The number of hydrogen-bond acceptors (Lipinski definition) is 5. The molecule has 2 aliphatic heterocycles. The van der Waals surface area contributed by atoms with E-state index in [1.807, 2.05) is 36.5 Å². The standard InChI is InChI=1S/C17H18N4O4/c1-19-8-12-13-9-20(15(14(12)18-19)16(22)24-2)17(23)21(13)25-10-11-6-4-3-5-7-11/h3-8,13,15H,9-10H2,1-2H3. The monoisotopic (exact) mass is 342 g/mol. The van der Waals surface area contributed by atoms with Crippen molar-refractivity contribution in [2.75, 3.05) is 13.7 Å². The number of nitrogens with zero attached hydrogens (tertiary/aromatic N) is 4. The Kier molecular flexibility index (Phi) is 3.69. The van der Waals surface area contributed by atoms with Gasteiger partial charge in [0.15, 0.2) is 6.04 Å². The Balaban J connectivity index is 1.64. The minimum atomic E-state index is -0.838. The molecular formula is C17H18N4O4. The van der Waals surface area contributed by atoms with Crippen LogP contribution in [0.5, 0.6) is 0 Å². The minimum Gasteiger partial charge on any atom is -0.467 e.